The Hall–Kier alpha value is -0.890. The molecule has 0 saturated heterocycles. The highest BCUT2D eigenvalue weighted by atomic mass is 32.1. The Bertz CT molecular complexity index is 388. The van der Waals surface area contributed by atoms with Crippen LogP contribution in [0.2, 0.25) is 0 Å². The number of aliphatic hydroxyl groups is 1. The summed E-state index contributed by atoms with van der Waals surface area (Å²) in [6, 6.07) is 4.05. The van der Waals surface area contributed by atoms with E-state index in [0.717, 1.165) is 29.8 Å². The summed E-state index contributed by atoms with van der Waals surface area (Å²) in [5.41, 5.74) is 0.655. The summed E-state index contributed by atoms with van der Waals surface area (Å²) in [5, 5.41) is 23.5. The number of hydrogen-bond acceptors (Lipinski definition) is 4. The summed E-state index contributed by atoms with van der Waals surface area (Å²) >= 11 is 1.60. The smallest absolute Gasteiger partial charge is 0.100 e. The summed E-state index contributed by atoms with van der Waals surface area (Å²) in [5.74, 6) is 0. The first-order valence-corrected chi connectivity index (χ1v) is 6.49. The first kappa shape index (κ1) is 11.6. The van der Waals surface area contributed by atoms with Gasteiger partial charge >= 0.3 is 0 Å². The lowest BCUT2D eigenvalue weighted by Crippen LogP contribution is -2.45. The molecule has 0 amide bonds. The minimum absolute atomic E-state index is 0.0726. The van der Waals surface area contributed by atoms with Crippen LogP contribution in [0.1, 0.15) is 36.1 Å². The third-order valence-corrected chi connectivity index (χ3v) is 4.22. The van der Waals surface area contributed by atoms with Crippen molar-refractivity contribution in [3.8, 4) is 6.07 Å². The minimum Gasteiger partial charge on any atom is -0.394 e. The van der Waals surface area contributed by atoms with E-state index < -0.39 is 0 Å². The van der Waals surface area contributed by atoms with E-state index in [9.17, 15) is 5.11 Å². The third-order valence-electron chi connectivity index (χ3n) is 3.28. The van der Waals surface area contributed by atoms with Crippen molar-refractivity contribution in [1.82, 2.24) is 5.32 Å². The summed E-state index contributed by atoms with van der Waals surface area (Å²) in [7, 11) is 0. The van der Waals surface area contributed by atoms with Gasteiger partial charge in [0.2, 0.25) is 0 Å². The summed E-state index contributed by atoms with van der Waals surface area (Å²) in [6.07, 6.45) is 4.50. The lowest BCUT2D eigenvalue weighted by Gasteiger charge is -2.27. The highest BCUT2D eigenvalue weighted by molar-refractivity contribution is 7.10. The number of thiophene rings is 1. The lowest BCUT2D eigenvalue weighted by molar-refractivity contribution is 0.163. The molecular weight excluding hydrogens is 220 g/mol. The highest BCUT2D eigenvalue weighted by Crippen LogP contribution is 2.29. The van der Waals surface area contributed by atoms with Gasteiger partial charge in [0.05, 0.1) is 12.2 Å². The standard InChI is InChI=1S/C12H16N2OS/c13-6-10-5-11(16-8-10)7-14-12(9-15)3-1-2-4-12/h5,8,14-15H,1-4,7,9H2. The Kier molecular flexibility index (Phi) is 3.59. The number of hydrogen-bond donors (Lipinski definition) is 2. The van der Waals surface area contributed by atoms with Gasteiger partial charge in [-0.25, -0.2) is 0 Å². The molecule has 0 aromatic carbocycles. The van der Waals surface area contributed by atoms with Crippen LogP contribution in [0.15, 0.2) is 11.4 Å². The maximum Gasteiger partial charge on any atom is 0.100 e. The van der Waals surface area contributed by atoms with Crippen molar-refractivity contribution in [1.29, 1.82) is 5.26 Å². The largest absolute Gasteiger partial charge is 0.394 e. The zero-order chi connectivity index (χ0) is 11.4. The van der Waals surface area contributed by atoms with Gasteiger partial charge < -0.3 is 10.4 Å². The summed E-state index contributed by atoms with van der Waals surface area (Å²) in [4.78, 5) is 1.16. The predicted octanol–water partition coefficient (Wildman–Crippen LogP) is 2.01. The molecule has 2 N–H and O–H groups in total. The van der Waals surface area contributed by atoms with Crippen molar-refractivity contribution >= 4 is 11.3 Å². The molecule has 16 heavy (non-hydrogen) atoms. The second-order valence-electron chi connectivity index (χ2n) is 4.41. The molecule has 3 nitrogen and oxygen atoms in total. The zero-order valence-electron chi connectivity index (χ0n) is 9.20. The molecule has 1 aromatic heterocycles. The second kappa shape index (κ2) is 4.96. The molecule has 4 heteroatoms. The molecule has 1 aromatic rings. The maximum absolute atomic E-state index is 9.43. The molecule has 0 unspecified atom stereocenters. The molecule has 0 radical (unpaired) electrons. The Morgan fingerprint density at radius 1 is 1.50 bits per heavy atom. The fourth-order valence-corrected chi connectivity index (χ4v) is 3.00. The Morgan fingerprint density at radius 3 is 2.81 bits per heavy atom. The Morgan fingerprint density at radius 2 is 2.25 bits per heavy atom. The topological polar surface area (TPSA) is 56.0 Å². The maximum atomic E-state index is 9.43. The average Bonchev–Trinajstić information content (AvgIpc) is 2.96. The van der Waals surface area contributed by atoms with Crippen LogP contribution in [0.4, 0.5) is 0 Å². The number of aliphatic hydroxyl groups excluding tert-OH is 1. The van der Waals surface area contributed by atoms with E-state index in [2.05, 4.69) is 11.4 Å². The van der Waals surface area contributed by atoms with E-state index in [1.165, 1.54) is 12.8 Å². The van der Waals surface area contributed by atoms with Crippen LogP contribution in [-0.2, 0) is 6.54 Å². The van der Waals surface area contributed by atoms with Crippen molar-refractivity contribution in [3.05, 3.63) is 21.9 Å². The van der Waals surface area contributed by atoms with Gasteiger partial charge in [-0.2, -0.15) is 5.26 Å². The second-order valence-corrected chi connectivity index (χ2v) is 5.41. The van der Waals surface area contributed by atoms with Crippen LogP contribution >= 0.6 is 11.3 Å². The van der Waals surface area contributed by atoms with Crippen LogP contribution in [0, 0.1) is 11.3 Å². The quantitative estimate of drug-likeness (QED) is 0.841. The number of nitrogens with zero attached hydrogens (tertiary/aromatic N) is 1. The van der Waals surface area contributed by atoms with Gasteiger partial charge in [0, 0.05) is 22.3 Å². The Balaban J connectivity index is 1.93. The molecule has 0 bridgehead atoms. The van der Waals surface area contributed by atoms with Gasteiger partial charge in [0.1, 0.15) is 6.07 Å². The van der Waals surface area contributed by atoms with Gasteiger partial charge in [-0.05, 0) is 18.9 Å². The minimum atomic E-state index is -0.0726. The SMILES string of the molecule is N#Cc1csc(CNC2(CO)CCCC2)c1. The molecule has 0 atom stereocenters. The van der Waals surface area contributed by atoms with E-state index >= 15 is 0 Å². The third kappa shape index (κ3) is 2.43. The van der Waals surface area contributed by atoms with Crippen LogP contribution in [-0.4, -0.2) is 17.3 Å². The van der Waals surface area contributed by atoms with Gasteiger partial charge in [0.25, 0.3) is 0 Å². The zero-order valence-corrected chi connectivity index (χ0v) is 10.0. The molecule has 0 aliphatic heterocycles. The molecule has 2 rings (SSSR count). The van der Waals surface area contributed by atoms with E-state index in [1.54, 1.807) is 11.3 Å². The van der Waals surface area contributed by atoms with Crippen LogP contribution in [0.3, 0.4) is 0 Å². The fourth-order valence-electron chi connectivity index (χ4n) is 2.25. The summed E-state index contributed by atoms with van der Waals surface area (Å²) in [6.45, 7) is 0.969. The van der Waals surface area contributed by atoms with E-state index in [-0.39, 0.29) is 12.1 Å². The number of rotatable bonds is 4. The monoisotopic (exact) mass is 236 g/mol. The molecule has 1 fully saturated rings. The molecule has 1 aliphatic carbocycles. The molecule has 1 aliphatic rings. The van der Waals surface area contributed by atoms with Gasteiger partial charge in [0.15, 0.2) is 0 Å². The van der Waals surface area contributed by atoms with E-state index in [1.807, 2.05) is 11.4 Å². The normalized spacial score (nSPS) is 18.5. The molecule has 86 valence electrons. The molecule has 0 spiro atoms. The fraction of sp³-hybridized carbons (Fsp3) is 0.583. The Labute approximate surface area is 99.7 Å². The molecular formula is C12H16N2OS. The average molecular weight is 236 g/mol. The van der Waals surface area contributed by atoms with Crippen LogP contribution < -0.4 is 5.32 Å². The molecule has 1 saturated carbocycles. The van der Waals surface area contributed by atoms with Crippen molar-refractivity contribution in [2.24, 2.45) is 0 Å². The van der Waals surface area contributed by atoms with Crippen molar-refractivity contribution in [2.75, 3.05) is 6.61 Å². The summed E-state index contributed by atoms with van der Waals surface area (Å²) < 4.78 is 0. The van der Waals surface area contributed by atoms with E-state index in [0.29, 0.717) is 0 Å². The van der Waals surface area contributed by atoms with Gasteiger partial charge in [-0.3, -0.25) is 0 Å². The van der Waals surface area contributed by atoms with Crippen molar-refractivity contribution in [2.45, 2.75) is 37.8 Å². The first-order valence-electron chi connectivity index (χ1n) is 5.61. The number of nitriles is 1. The van der Waals surface area contributed by atoms with Gasteiger partial charge in [-0.1, -0.05) is 12.8 Å². The van der Waals surface area contributed by atoms with Crippen LogP contribution in [0.5, 0.6) is 0 Å². The lowest BCUT2D eigenvalue weighted by atomic mass is 9.99. The van der Waals surface area contributed by atoms with Crippen LogP contribution in [0.25, 0.3) is 0 Å². The van der Waals surface area contributed by atoms with Gasteiger partial charge in [-0.15, -0.1) is 11.3 Å². The predicted molar refractivity (Wildman–Crippen MR) is 64.2 cm³/mol. The van der Waals surface area contributed by atoms with Crippen molar-refractivity contribution < 1.29 is 5.11 Å². The number of nitrogens with one attached hydrogen (secondary N) is 1. The highest BCUT2D eigenvalue weighted by Gasteiger charge is 2.32. The van der Waals surface area contributed by atoms with E-state index in [4.69, 9.17) is 5.26 Å². The molecule has 1 heterocycles. The first-order chi connectivity index (χ1) is 7.78. The van der Waals surface area contributed by atoms with Crippen molar-refractivity contribution in [3.63, 3.8) is 0 Å².